The Labute approximate surface area is 264 Å². The molecular formula is C33H42N6O5S. The fourth-order valence-corrected chi connectivity index (χ4v) is 10.1. The summed E-state index contributed by atoms with van der Waals surface area (Å²) in [7, 11) is -4.25. The average Bonchev–Trinajstić information content (AvgIpc) is 3.96. The van der Waals surface area contributed by atoms with Gasteiger partial charge in [-0.3, -0.25) is 14.5 Å². The van der Waals surface area contributed by atoms with Gasteiger partial charge in [0.15, 0.2) is 5.03 Å². The zero-order chi connectivity index (χ0) is 31.2. The van der Waals surface area contributed by atoms with Gasteiger partial charge in [0.25, 0.3) is 21.8 Å². The van der Waals surface area contributed by atoms with Crippen molar-refractivity contribution in [3.05, 3.63) is 35.9 Å². The van der Waals surface area contributed by atoms with Crippen LogP contribution in [0, 0.1) is 22.7 Å². The topological polar surface area (TPSA) is 134 Å². The second kappa shape index (κ2) is 10.1. The first-order valence-electron chi connectivity index (χ1n) is 16.5. The van der Waals surface area contributed by atoms with Crippen LogP contribution >= 0.6 is 0 Å². The molecule has 2 N–H and O–H groups in total. The molecule has 0 aromatic carbocycles. The predicted molar refractivity (Wildman–Crippen MR) is 169 cm³/mol. The SMILES string of the molecule is CC1(C)C[C@@H]2CCCNc3cccc(n3)S(=O)(=O)NC(=O)c3ccc(N4CCC(OCCC5C6(CC6)C56CC6)C4=O)nc3N1C2. The fourth-order valence-electron chi connectivity index (χ4n) is 9.14. The summed E-state index contributed by atoms with van der Waals surface area (Å²) in [6, 6.07) is 7.92. The second-order valence-corrected chi connectivity index (χ2v) is 16.3. The number of hydrogen-bond acceptors (Lipinski definition) is 9. The molecule has 8 rings (SSSR count). The second-order valence-electron chi connectivity index (χ2n) is 14.7. The molecule has 3 saturated carbocycles. The van der Waals surface area contributed by atoms with Crippen LogP contribution in [-0.2, 0) is 19.6 Å². The monoisotopic (exact) mass is 634 g/mol. The lowest BCUT2D eigenvalue weighted by Gasteiger charge is -2.34. The predicted octanol–water partition coefficient (Wildman–Crippen LogP) is 4.11. The van der Waals surface area contributed by atoms with Crippen LogP contribution in [0.15, 0.2) is 35.4 Å². The number of pyridine rings is 2. The van der Waals surface area contributed by atoms with Crippen molar-refractivity contribution in [2.45, 2.75) is 88.3 Å². The first kappa shape index (κ1) is 29.2. The number of ether oxygens (including phenoxy) is 1. The first-order chi connectivity index (χ1) is 21.5. The van der Waals surface area contributed by atoms with Gasteiger partial charge < -0.3 is 15.0 Å². The Hall–Kier alpha value is -3.25. The molecule has 1 unspecified atom stereocenters. The molecule has 2 aromatic heterocycles. The summed E-state index contributed by atoms with van der Waals surface area (Å²) < 4.78 is 34.9. The lowest BCUT2D eigenvalue weighted by molar-refractivity contribution is -0.127. The van der Waals surface area contributed by atoms with E-state index in [1.54, 1.807) is 29.2 Å². The third-order valence-electron chi connectivity index (χ3n) is 11.6. The molecule has 11 nitrogen and oxygen atoms in total. The van der Waals surface area contributed by atoms with E-state index in [0.717, 1.165) is 31.6 Å². The van der Waals surface area contributed by atoms with E-state index in [2.05, 4.69) is 33.8 Å². The van der Waals surface area contributed by atoms with E-state index in [1.807, 2.05) is 0 Å². The van der Waals surface area contributed by atoms with Gasteiger partial charge in [-0.1, -0.05) is 6.07 Å². The third-order valence-corrected chi connectivity index (χ3v) is 12.9. The number of amides is 2. The number of sulfonamides is 1. The Morgan fingerprint density at radius 2 is 1.80 bits per heavy atom. The van der Waals surface area contributed by atoms with Crippen molar-refractivity contribution < 1.29 is 22.7 Å². The lowest BCUT2D eigenvalue weighted by atomic mass is 9.93. The van der Waals surface area contributed by atoms with E-state index in [9.17, 15) is 18.0 Å². The molecule has 45 heavy (non-hydrogen) atoms. The Morgan fingerprint density at radius 1 is 1.02 bits per heavy atom. The largest absolute Gasteiger partial charge is 0.370 e. The molecule has 6 aliphatic rings. The number of hydrogen-bond donors (Lipinski definition) is 2. The molecule has 3 aliphatic carbocycles. The average molecular weight is 635 g/mol. The van der Waals surface area contributed by atoms with Crippen molar-refractivity contribution in [1.29, 1.82) is 0 Å². The molecule has 12 heteroatoms. The maximum absolute atomic E-state index is 13.7. The van der Waals surface area contributed by atoms with Crippen molar-refractivity contribution in [3.8, 4) is 0 Å². The summed E-state index contributed by atoms with van der Waals surface area (Å²) in [5.74, 6) is 1.54. The number of nitrogens with one attached hydrogen (secondary N) is 2. The lowest BCUT2D eigenvalue weighted by Crippen LogP contribution is -2.41. The minimum absolute atomic E-state index is 0.110. The molecule has 5 fully saturated rings. The number of anilines is 3. The van der Waals surface area contributed by atoms with Crippen molar-refractivity contribution in [3.63, 3.8) is 0 Å². The molecule has 2 spiro atoms. The summed E-state index contributed by atoms with van der Waals surface area (Å²) in [6.45, 7) is 6.67. The smallest absolute Gasteiger partial charge is 0.281 e. The zero-order valence-electron chi connectivity index (χ0n) is 26.0. The Balaban J connectivity index is 1.05. The minimum atomic E-state index is -4.25. The highest BCUT2D eigenvalue weighted by Gasteiger charge is 2.85. The molecule has 240 valence electrons. The van der Waals surface area contributed by atoms with Crippen LogP contribution in [-0.4, -0.2) is 68.1 Å². The van der Waals surface area contributed by atoms with Crippen LogP contribution in [0.1, 0.15) is 82.0 Å². The van der Waals surface area contributed by atoms with Crippen LogP contribution in [0.2, 0.25) is 0 Å². The van der Waals surface area contributed by atoms with Crippen molar-refractivity contribution >= 4 is 39.3 Å². The van der Waals surface area contributed by atoms with Gasteiger partial charge in [-0.05, 0) is 112 Å². The molecule has 2 amide bonds. The quantitative estimate of drug-likeness (QED) is 0.499. The van der Waals surface area contributed by atoms with E-state index in [4.69, 9.17) is 9.72 Å². The van der Waals surface area contributed by atoms with Gasteiger partial charge in [0.1, 0.15) is 23.6 Å². The summed E-state index contributed by atoms with van der Waals surface area (Å²) >= 11 is 0. The molecule has 2 atom stereocenters. The van der Waals surface area contributed by atoms with E-state index in [1.165, 1.54) is 31.7 Å². The molecule has 5 heterocycles. The van der Waals surface area contributed by atoms with Crippen LogP contribution in [0.4, 0.5) is 17.5 Å². The van der Waals surface area contributed by atoms with Gasteiger partial charge in [-0.2, -0.15) is 8.42 Å². The molecule has 4 bridgehead atoms. The fraction of sp³-hybridized carbons (Fsp3) is 0.636. The number of rotatable bonds is 5. The van der Waals surface area contributed by atoms with Crippen LogP contribution in [0.25, 0.3) is 0 Å². The summed E-state index contributed by atoms with van der Waals surface area (Å²) in [5, 5.41) is 2.98. The summed E-state index contributed by atoms with van der Waals surface area (Å²) in [4.78, 5) is 40.1. The third kappa shape index (κ3) is 4.81. The van der Waals surface area contributed by atoms with Gasteiger partial charge in [-0.25, -0.2) is 14.7 Å². The Bertz CT molecular complexity index is 1650. The van der Waals surface area contributed by atoms with Gasteiger partial charge >= 0.3 is 0 Å². The first-order valence-corrected chi connectivity index (χ1v) is 18.0. The number of fused-ring (bicyclic) bond motifs is 7. The Kier molecular flexibility index (Phi) is 6.56. The molecule has 2 aromatic rings. The minimum Gasteiger partial charge on any atom is -0.370 e. The van der Waals surface area contributed by atoms with Gasteiger partial charge in [0, 0.05) is 38.2 Å². The number of nitrogens with zero attached hydrogens (tertiary/aromatic N) is 4. The standard InChI is InChI=1S/C33H42N6O5S/c1-31(2)19-21-5-4-16-34-25-6-3-7-27(35-25)45(42,43)37-29(40)22-8-9-26(36-28(22)39(31)20-21)38-17-10-23(30(38)41)44-18-11-24-32(12-13-32)33(24)14-15-33/h3,6-9,21,23-24H,4-5,10-20H2,1-2H3,(H,34,35)(H,37,40)/t21-,23?/m0/s1. The van der Waals surface area contributed by atoms with E-state index < -0.39 is 22.0 Å². The van der Waals surface area contributed by atoms with E-state index in [0.29, 0.717) is 66.9 Å². The van der Waals surface area contributed by atoms with Crippen LogP contribution in [0.5, 0.6) is 0 Å². The van der Waals surface area contributed by atoms with E-state index in [-0.39, 0.29) is 22.0 Å². The summed E-state index contributed by atoms with van der Waals surface area (Å²) in [5.41, 5.74) is 1.08. The Morgan fingerprint density at radius 3 is 2.56 bits per heavy atom. The maximum atomic E-state index is 13.7. The zero-order valence-corrected chi connectivity index (χ0v) is 26.9. The van der Waals surface area contributed by atoms with E-state index >= 15 is 0 Å². The highest BCUT2D eigenvalue weighted by atomic mass is 32.2. The molecule has 3 aliphatic heterocycles. The molecular weight excluding hydrogens is 592 g/mol. The molecule has 0 radical (unpaired) electrons. The summed E-state index contributed by atoms with van der Waals surface area (Å²) in [6.07, 6.45) is 9.37. The van der Waals surface area contributed by atoms with Crippen molar-refractivity contribution in [2.75, 3.05) is 41.4 Å². The number of carbonyl (C=O) groups is 2. The molecule has 2 saturated heterocycles. The van der Waals surface area contributed by atoms with Crippen molar-refractivity contribution in [1.82, 2.24) is 14.7 Å². The normalized spacial score (nSPS) is 28.7. The maximum Gasteiger partial charge on any atom is 0.281 e. The van der Waals surface area contributed by atoms with Gasteiger partial charge in [0.2, 0.25) is 0 Å². The highest BCUT2D eigenvalue weighted by molar-refractivity contribution is 7.90. The number of aromatic nitrogens is 2. The number of carbonyl (C=O) groups excluding carboxylic acids is 2. The highest BCUT2D eigenvalue weighted by Crippen LogP contribution is 2.93. The van der Waals surface area contributed by atoms with Crippen LogP contribution < -0.4 is 19.8 Å². The van der Waals surface area contributed by atoms with Crippen LogP contribution in [0.3, 0.4) is 0 Å². The van der Waals surface area contributed by atoms with Crippen molar-refractivity contribution in [2.24, 2.45) is 22.7 Å². The van der Waals surface area contributed by atoms with Gasteiger partial charge in [-0.15, -0.1) is 0 Å². The van der Waals surface area contributed by atoms with Gasteiger partial charge in [0.05, 0.1) is 5.56 Å².